The summed E-state index contributed by atoms with van der Waals surface area (Å²) in [4.78, 5) is 0. The zero-order valence-electron chi connectivity index (χ0n) is 14.0. The molecule has 3 heteroatoms. The Bertz CT molecular complexity index is 470. The third kappa shape index (κ3) is 8.00. The van der Waals surface area contributed by atoms with Crippen LogP contribution in [0.1, 0.15) is 30.9 Å². The summed E-state index contributed by atoms with van der Waals surface area (Å²) >= 11 is -2.14. The zero-order valence-corrected chi connectivity index (χ0v) is 16.9. The van der Waals surface area contributed by atoms with Gasteiger partial charge in [0, 0.05) is 0 Å². The second-order valence-electron chi connectivity index (χ2n) is 5.64. The Morgan fingerprint density at radius 2 is 1.22 bits per heavy atom. The van der Waals surface area contributed by atoms with Crippen LogP contribution in [-0.4, -0.2) is 33.8 Å². The monoisotopic (exact) mass is 419 g/mol. The van der Waals surface area contributed by atoms with Crippen LogP contribution in [0, 0.1) is 0 Å². The summed E-state index contributed by atoms with van der Waals surface area (Å²) in [5, 5.41) is 0. The molecule has 2 rings (SSSR count). The molecule has 0 aromatic heterocycles. The van der Waals surface area contributed by atoms with Gasteiger partial charge in [0.15, 0.2) is 0 Å². The molecule has 0 heterocycles. The quantitative estimate of drug-likeness (QED) is 0.489. The Morgan fingerprint density at radius 1 is 0.739 bits per heavy atom. The van der Waals surface area contributed by atoms with E-state index in [0.29, 0.717) is 0 Å². The van der Waals surface area contributed by atoms with E-state index in [2.05, 4.69) is 67.6 Å². The summed E-state index contributed by atoms with van der Waals surface area (Å²) in [7, 11) is 0. The average molecular weight is 418 g/mol. The molecule has 0 N–H and O–H groups in total. The van der Waals surface area contributed by atoms with E-state index in [-0.39, 0.29) is 0 Å². The maximum absolute atomic E-state index is 6.16. The number of unbranched alkanes of at least 4 members (excludes halogenated alkanes) is 1. The third-order valence-electron chi connectivity index (χ3n) is 3.73. The van der Waals surface area contributed by atoms with Crippen LogP contribution in [0.3, 0.4) is 0 Å². The summed E-state index contributed by atoms with van der Waals surface area (Å²) < 4.78 is 13.5. The summed E-state index contributed by atoms with van der Waals surface area (Å²) in [5.41, 5.74) is 2.69. The van der Waals surface area contributed by atoms with E-state index in [4.69, 9.17) is 6.15 Å². The van der Waals surface area contributed by atoms with Crippen molar-refractivity contribution in [3.05, 3.63) is 71.8 Å². The van der Waals surface area contributed by atoms with Gasteiger partial charge in [-0.2, -0.15) is 0 Å². The molecule has 2 aromatic carbocycles. The third-order valence-corrected chi connectivity index (χ3v) is 8.91. The van der Waals surface area contributed by atoms with Crippen molar-refractivity contribution >= 4 is 20.6 Å². The van der Waals surface area contributed by atoms with Crippen molar-refractivity contribution in [2.75, 3.05) is 13.2 Å². The van der Waals surface area contributed by atoms with Crippen LogP contribution >= 0.6 is 0 Å². The van der Waals surface area contributed by atoms with Crippen molar-refractivity contribution in [3.8, 4) is 0 Å². The van der Waals surface area contributed by atoms with Gasteiger partial charge in [-0.05, 0) is 0 Å². The summed E-state index contributed by atoms with van der Waals surface area (Å²) in [6.07, 6.45) is 4.41. The molecule has 0 atom stereocenters. The Balaban J connectivity index is 1.70. The van der Waals surface area contributed by atoms with Crippen LogP contribution in [0.4, 0.5) is 0 Å². The zero-order chi connectivity index (χ0) is 16.2. The van der Waals surface area contributed by atoms with Crippen molar-refractivity contribution in [1.82, 2.24) is 0 Å². The van der Waals surface area contributed by atoms with Gasteiger partial charge in [0.05, 0.1) is 0 Å². The Hall–Kier alpha value is -0.841. The van der Waals surface area contributed by atoms with Gasteiger partial charge in [0.25, 0.3) is 0 Å². The SMILES string of the molecule is CCC[CH2][Sn]([O]CCc1ccccc1)[O]CCc1ccccc1. The van der Waals surface area contributed by atoms with Crippen LogP contribution in [0.15, 0.2) is 60.7 Å². The first-order valence-electron chi connectivity index (χ1n) is 8.57. The van der Waals surface area contributed by atoms with Gasteiger partial charge < -0.3 is 0 Å². The van der Waals surface area contributed by atoms with E-state index in [0.717, 1.165) is 26.1 Å². The molecule has 0 saturated heterocycles. The van der Waals surface area contributed by atoms with Gasteiger partial charge in [-0.1, -0.05) is 0 Å². The topological polar surface area (TPSA) is 18.5 Å². The fourth-order valence-electron chi connectivity index (χ4n) is 2.36. The molecule has 0 amide bonds. The first-order chi connectivity index (χ1) is 11.4. The van der Waals surface area contributed by atoms with Gasteiger partial charge >= 0.3 is 149 Å². The maximum atomic E-state index is 6.16. The molecule has 0 aliphatic rings. The summed E-state index contributed by atoms with van der Waals surface area (Å²) in [6.45, 7) is 3.83. The Kier molecular flexibility index (Phi) is 9.37. The molecule has 2 aromatic rings. The molecule has 23 heavy (non-hydrogen) atoms. The Labute approximate surface area is 148 Å². The number of rotatable bonds is 11. The second-order valence-corrected chi connectivity index (χ2v) is 10.8. The fourth-order valence-corrected chi connectivity index (χ4v) is 7.14. The van der Waals surface area contributed by atoms with Gasteiger partial charge in [0.2, 0.25) is 0 Å². The number of hydrogen-bond acceptors (Lipinski definition) is 2. The predicted octanol–water partition coefficient (Wildman–Crippen LogP) is 4.79. The standard InChI is InChI=1S/2C8H9O.C4H9.Sn/c2*9-7-6-8-4-2-1-3-5-8;1-3-4-2;/h2*1-5H,6-7H2;1,3-4H2,2H3;/q2*-1;;+2. The molecule has 0 aliphatic carbocycles. The first kappa shape index (κ1) is 18.5. The fraction of sp³-hybridized carbons (Fsp3) is 0.400. The van der Waals surface area contributed by atoms with Crippen molar-refractivity contribution in [2.45, 2.75) is 37.0 Å². The van der Waals surface area contributed by atoms with E-state index in [9.17, 15) is 0 Å². The van der Waals surface area contributed by atoms with E-state index < -0.39 is 20.6 Å². The van der Waals surface area contributed by atoms with Crippen LogP contribution < -0.4 is 0 Å². The van der Waals surface area contributed by atoms with Crippen LogP contribution in [0.25, 0.3) is 0 Å². The van der Waals surface area contributed by atoms with E-state index in [1.807, 2.05) is 0 Å². The average Bonchev–Trinajstić information content (AvgIpc) is 2.61. The molecule has 2 nitrogen and oxygen atoms in total. The molecule has 0 bridgehead atoms. The molecule has 0 fully saturated rings. The molecular weight excluding hydrogens is 391 g/mol. The molecule has 0 saturated carbocycles. The summed E-state index contributed by atoms with van der Waals surface area (Å²) in [5.74, 6) is 0. The van der Waals surface area contributed by atoms with E-state index in [1.165, 1.54) is 28.4 Å². The first-order valence-corrected chi connectivity index (χ1v) is 12.9. The summed E-state index contributed by atoms with van der Waals surface area (Å²) in [6, 6.07) is 21.1. The number of benzene rings is 2. The van der Waals surface area contributed by atoms with Crippen LogP contribution in [0.2, 0.25) is 4.44 Å². The molecule has 0 unspecified atom stereocenters. The van der Waals surface area contributed by atoms with Gasteiger partial charge in [-0.15, -0.1) is 0 Å². The number of hydrogen-bond donors (Lipinski definition) is 0. The van der Waals surface area contributed by atoms with Gasteiger partial charge in [0.1, 0.15) is 0 Å². The van der Waals surface area contributed by atoms with Gasteiger partial charge in [-0.25, -0.2) is 0 Å². The molecule has 0 aliphatic heterocycles. The Morgan fingerprint density at radius 3 is 1.65 bits per heavy atom. The molecule has 0 spiro atoms. The minimum atomic E-state index is -2.14. The minimum absolute atomic E-state index is 0.799. The van der Waals surface area contributed by atoms with E-state index >= 15 is 0 Å². The molecule has 1 radical (unpaired) electrons. The van der Waals surface area contributed by atoms with Crippen molar-refractivity contribution in [3.63, 3.8) is 0 Å². The predicted molar refractivity (Wildman–Crippen MR) is 97.7 cm³/mol. The molecule has 123 valence electrons. The normalized spacial score (nSPS) is 11.0. The van der Waals surface area contributed by atoms with Crippen molar-refractivity contribution in [2.24, 2.45) is 0 Å². The van der Waals surface area contributed by atoms with Crippen molar-refractivity contribution < 1.29 is 6.15 Å². The van der Waals surface area contributed by atoms with Crippen molar-refractivity contribution in [1.29, 1.82) is 0 Å². The van der Waals surface area contributed by atoms with Crippen LogP contribution in [0.5, 0.6) is 0 Å². The van der Waals surface area contributed by atoms with Gasteiger partial charge in [-0.3, -0.25) is 0 Å². The van der Waals surface area contributed by atoms with E-state index in [1.54, 1.807) is 0 Å². The second kappa shape index (κ2) is 11.7. The molecular formula is C20H27O2Sn. The van der Waals surface area contributed by atoms with Crippen LogP contribution in [-0.2, 0) is 19.0 Å².